The van der Waals surface area contributed by atoms with Gasteiger partial charge in [0.15, 0.2) is 0 Å². The molecule has 1 aliphatic rings. The second-order valence-corrected chi connectivity index (χ2v) is 2.07. The first-order valence-electron chi connectivity index (χ1n) is 3.05. The third kappa shape index (κ3) is 1.16. The van der Waals surface area contributed by atoms with Gasteiger partial charge < -0.3 is 4.74 Å². The van der Waals surface area contributed by atoms with Crippen LogP contribution in [0.4, 0.5) is 0 Å². The van der Waals surface area contributed by atoms with E-state index in [1.807, 2.05) is 0 Å². The topological polar surface area (TPSA) is 9.23 Å². The Hall–Kier alpha value is -0.0400. The predicted molar refractivity (Wildman–Crippen MR) is 29.3 cm³/mol. The normalized spacial score (nSPS) is 29.6. The van der Waals surface area contributed by atoms with Crippen LogP contribution >= 0.6 is 0 Å². The lowest BCUT2D eigenvalue weighted by Crippen LogP contribution is -2.25. The molecule has 1 rings (SSSR count). The van der Waals surface area contributed by atoms with Crippen molar-refractivity contribution >= 4 is 0 Å². The van der Waals surface area contributed by atoms with E-state index in [1.165, 1.54) is 19.3 Å². The smallest absolute Gasteiger partial charge is 0.0597 e. The first kappa shape index (κ1) is 5.10. The van der Waals surface area contributed by atoms with Crippen molar-refractivity contribution in [2.45, 2.75) is 32.3 Å². The summed E-state index contributed by atoms with van der Waals surface area (Å²) in [4.78, 5) is 0. The molecule has 1 saturated heterocycles. The summed E-state index contributed by atoms with van der Waals surface area (Å²) in [5.41, 5.74) is 0. The van der Waals surface area contributed by atoms with Gasteiger partial charge >= 0.3 is 0 Å². The largest absolute Gasteiger partial charge is 0.378 e. The van der Waals surface area contributed by atoms with Crippen LogP contribution in [0.15, 0.2) is 0 Å². The fourth-order valence-corrected chi connectivity index (χ4v) is 0.834. The molecule has 0 aromatic rings. The molecule has 7 heavy (non-hydrogen) atoms. The number of hydrogen-bond donors (Lipinski definition) is 0. The van der Waals surface area contributed by atoms with Gasteiger partial charge in [-0.2, -0.15) is 0 Å². The zero-order chi connectivity index (χ0) is 5.11. The molecule has 0 bridgehead atoms. The van der Waals surface area contributed by atoms with Crippen molar-refractivity contribution in [2.75, 3.05) is 6.61 Å². The maximum absolute atomic E-state index is 5.17. The molecule has 1 heterocycles. The van der Waals surface area contributed by atoms with Crippen molar-refractivity contribution in [3.8, 4) is 0 Å². The Bertz CT molecular complexity index is 48.1. The van der Waals surface area contributed by atoms with Crippen LogP contribution in [0.1, 0.15) is 26.2 Å². The lowest BCUT2D eigenvalue weighted by molar-refractivity contribution is -0.0546. The maximum Gasteiger partial charge on any atom is 0.0597 e. The summed E-state index contributed by atoms with van der Waals surface area (Å²) in [5.74, 6) is 0. The highest BCUT2D eigenvalue weighted by Crippen LogP contribution is 2.15. The number of rotatable bonds is 2. The van der Waals surface area contributed by atoms with Crippen molar-refractivity contribution in [3.05, 3.63) is 0 Å². The second kappa shape index (κ2) is 2.31. The van der Waals surface area contributed by atoms with Gasteiger partial charge in [0, 0.05) is 6.61 Å². The molecule has 0 aromatic carbocycles. The van der Waals surface area contributed by atoms with E-state index in [0.29, 0.717) is 6.10 Å². The molecule has 0 aliphatic carbocycles. The molecule has 1 fully saturated rings. The minimum absolute atomic E-state index is 0.630. The molecule has 0 spiro atoms. The van der Waals surface area contributed by atoms with E-state index in [9.17, 15) is 0 Å². The van der Waals surface area contributed by atoms with Gasteiger partial charge in [0.2, 0.25) is 0 Å². The molecule has 0 saturated carbocycles. The first-order chi connectivity index (χ1) is 3.43. The SMILES string of the molecule is CCCC1CCO1. The zero-order valence-corrected chi connectivity index (χ0v) is 4.81. The summed E-state index contributed by atoms with van der Waals surface area (Å²) in [5, 5.41) is 0. The molecule has 0 radical (unpaired) electrons. The van der Waals surface area contributed by atoms with Gasteiger partial charge in [-0.05, 0) is 12.8 Å². The molecular formula is C6H12O. The van der Waals surface area contributed by atoms with Crippen LogP contribution in [0, 0.1) is 0 Å². The van der Waals surface area contributed by atoms with Crippen molar-refractivity contribution in [2.24, 2.45) is 0 Å². The lowest BCUT2D eigenvalue weighted by Gasteiger charge is -2.25. The van der Waals surface area contributed by atoms with Crippen molar-refractivity contribution < 1.29 is 4.74 Å². The summed E-state index contributed by atoms with van der Waals surface area (Å²) in [6.07, 6.45) is 4.46. The van der Waals surface area contributed by atoms with Gasteiger partial charge in [-0.1, -0.05) is 13.3 Å². The number of hydrogen-bond acceptors (Lipinski definition) is 1. The Labute approximate surface area is 44.7 Å². The summed E-state index contributed by atoms with van der Waals surface area (Å²) >= 11 is 0. The van der Waals surface area contributed by atoms with Crippen LogP contribution in [-0.2, 0) is 4.74 Å². The van der Waals surface area contributed by atoms with Crippen LogP contribution in [0.3, 0.4) is 0 Å². The van der Waals surface area contributed by atoms with E-state index in [4.69, 9.17) is 4.74 Å². The molecular weight excluding hydrogens is 88.1 g/mol. The highest BCUT2D eigenvalue weighted by molar-refractivity contribution is 4.64. The standard InChI is InChI=1S/C6H12O/c1-2-3-6-4-5-7-6/h6H,2-5H2,1H3. The molecule has 0 aromatic heterocycles. The van der Waals surface area contributed by atoms with Crippen LogP contribution in [-0.4, -0.2) is 12.7 Å². The van der Waals surface area contributed by atoms with E-state index >= 15 is 0 Å². The van der Waals surface area contributed by atoms with Crippen molar-refractivity contribution in [1.82, 2.24) is 0 Å². The molecule has 1 heteroatoms. The summed E-state index contributed by atoms with van der Waals surface area (Å²) in [6, 6.07) is 0. The maximum atomic E-state index is 5.17. The quantitative estimate of drug-likeness (QED) is 0.512. The van der Waals surface area contributed by atoms with Gasteiger partial charge in [-0.25, -0.2) is 0 Å². The average molecular weight is 100 g/mol. The Morgan fingerprint density at radius 2 is 2.43 bits per heavy atom. The molecule has 1 aliphatic heterocycles. The lowest BCUT2D eigenvalue weighted by atomic mass is 10.1. The van der Waals surface area contributed by atoms with Crippen LogP contribution in [0.5, 0.6) is 0 Å². The molecule has 0 N–H and O–H groups in total. The molecule has 1 atom stereocenters. The van der Waals surface area contributed by atoms with Crippen LogP contribution in [0.25, 0.3) is 0 Å². The van der Waals surface area contributed by atoms with E-state index < -0.39 is 0 Å². The molecule has 42 valence electrons. The number of ether oxygens (including phenoxy) is 1. The first-order valence-corrected chi connectivity index (χ1v) is 3.05. The fourth-order valence-electron chi connectivity index (χ4n) is 0.834. The molecule has 1 nitrogen and oxygen atoms in total. The van der Waals surface area contributed by atoms with Crippen LogP contribution in [0.2, 0.25) is 0 Å². The average Bonchev–Trinajstić information content (AvgIpc) is 1.55. The predicted octanol–water partition coefficient (Wildman–Crippen LogP) is 1.58. The minimum Gasteiger partial charge on any atom is -0.378 e. The van der Waals surface area contributed by atoms with Gasteiger partial charge in [-0.15, -0.1) is 0 Å². The fraction of sp³-hybridized carbons (Fsp3) is 1.00. The summed E-state index contributed by atoms with van der Waals surface area (Å²) in [7, 11) is 0. The van der Waals surface area contributed by atoms with E-state index in [2.05, 4.69) is 6.92 Å². The Morgan fingerprint density at radius 1 is 1.71 bits per heavy atom. The van der Waals surface area contributed by atoms with E-state index in [-0.39, 0.29) is 0 Å². The summed E-state index contributed by atoms with van der Waals surface area (Å²) < 4.78 is 5.17. The minimum atomic E-state index is 0.630. The Balaban J connectivity index is 1.93. The van der Waals surface area contributed by atoms with Crippen molar-refractivity contribution in [1.29, 1.82) is 0 Å². The summed E-state index contributed by atoms with van der Waals surface area (Å²) in [6.45, 7) is 3.20. The van der Waals surface area contributed by atoms with Crippen molar-refractivity contribution in [3.63, 3.8) is 0 Å². The Morgan fingerprint density at radius 3 is 2.57 bits per heavy atom. The van der Waals surface area contributed by atoms with Gasteiger partial charge in [0.05, 0.1) is 6.10 Å². The Kier molecular flexibility index (Phi) is 1.69. The highest BCUT2D eigenvalue weighted by Gasteiger charge is 2.15. The van der Waals surface area contributed by atoms with Crippen LogP contribution < -0.4 is 0 Å². The van der Waals surface area contributed by atoms with E-state index in [1.54, 1.807) is 0 Å². The molecule has 1 unspecified atom stereocenters. The second-order valence-electron chi connectivity index (χ2n) is 2.07. The third-order valence-electron chi connectivity index (χ3n) is 1.40. The third-order valence-corrected chi connectivity index (χ3v) is 1.40. The molecule has 0 amide bonds. The van der Waals surface area contributed by atoms with Gasteiger partial charge in [0.25, 0.3) is 0 Å². The highest BCUT2D eigenvalue weighted by atomic mass is 16.5. The monoisotopic (exact) mass is 100 g/mol. The van der Waals surface area contributed by atoms with Gasteiger partial charge in [-0.3, -0.25) is 0 Å². The van der Waals surface area contributed by atoms with Gasteiger partial charge in [0.1, 0.15) is 0 Å². The zero-order valence-electron chi connectivity index (χ0n) is 4.81. The van der Waals surface area contributed by atoms with E-state index in [0.717, 1.165) is 6.61 Å².